The van der Waals surface area contributed by atoms with Crippen LogP contribution >= 0.6 is 11.3 Å². The van der Waals surface area contributed by atoms with Crippen molar-refractivity contribution in [1.82, 2.24) is 9.97 Å². The predicted molar refractivity (Wildman–Crippen MR) is 151 cm³/mol. The Morgan fingerprint density at radius 2 is 1.74 bits per heavy atom. The summed E-state index contributed by atoms with van der Waals surface area (Å²) in [6, 6.07) is 26.1. The molecule has 0 aliphatic rings. The largest absolute Gasteiger partial charge is 0.512 e. The number of carbonyl (C=O) groups excluding carboxylic acids is 1. The van der Waals surface area contributed by atoms with E-state index >= 15 is 0 Å². The van der Waals surface area contributed by atoms with Gasteiger partial charge in [0.25, 0.3) is 0 Å². The van der Waals surface area contributed by atoms with Crippen molar-refractivity contribution in [3.63, 3.8) is 0 Å². The summed E-state index contributed by atoms with van der Waals surface area (Å²) in [6.45, 7) is 6.97. The average molecular weight is 698 g/mol. The molecule has 0 spiro atoms. The summed E-state index contributed by atoms with van der Waals surface area (Å²) in [6.07, 6.45) is 1.17. The number of ketones is 1. The Morgan fingerprint density at radius 3 is 2.42 bits per heavy atom. The molecule has 0 saturated heterocycles. The zero-order valence-electron chi connectivity index (χ0n) is 21.3. The first kappa shape index (κ1) is 27.4. The van der Waals surface area contributed by atoms with E-state index < -0.39 is 0 Å². The average Bonchev–Trinajstić information content (AvgIpc) is 3.40. The molecule has 1 N–H and O–H groups in total. The number of thiophene rings is 1. The number of hydrogen-bond acceptors (Lipinski definition) is 6. The maximum absolute atomic E-state index is 10.0. The van der Waals surface area contributed by atoms with E-state index in [9.17, 15) is 4.79 Å². The van der Waals surface area contributed by atoms with Gasteiger partial charge in [-0.1, -0.05) is 47.3 Å². The van der Waals surface area contributed by atoms with E-state index in [2.05, 4.69) is 60.4 Å². The molecule has 0 unspecified atom stereocenters. The van der Waals surface area contributed by atoms with Gasteiger partial charge in [0, 0.05) is 42.1 Å². The van der Waals surface area contributed by atoms with Gasteiger partial charge in [-0.05, 0) is 62.7 Å². The van der Waals surface area contributed by atoms with Gasteiger partial charge < -0.3 is 9.52 Å². The minimum absolute atomic E-state index is 0. The molecule has 0 saturated carbocycles. The van der Waals surface area contributed by atoms with Crippen LogP contribution in [0.4, 0.5) is 0 Å². The van der Waals surface area contributed by atoms with E-state index in [0.29, 0.717) is 5.71 Å². The summed E-state index contributed by atoms with van der Waals surface area (Å²) in [7, 11) is 0. The van der Waals surface area contributed by atoms with Crippen molar-refractivity contribution in [2.75, 3.05) is 0 Å². The van der Waals surface area contributed by atoms with E-state index in [0.717, 1.165) is 38.8 Å². The fourth-order valence-electron chi connectivity index (χ4n) is 4.29. The number of aliphatic hydroxyl groups is 1. The third kappa shape index (κ3) is 5.46. The molecule has 0 bridgehead atoms. The van der Waals surface area contributed by atoms with Gasteiger partial charge in [-0.2, -0.15) is 0 Å². The molecular weight excluding hydrogens is 673 g/mol. The molecule has 1 radical (unpaired) electrons. The van der Waals surface area contributed by atoms with Crippen molar-refractivity contribution in [1.29, 1.82) is 0 Å². The van der Waals surface area contributed by atoms with E-state index in [1.54, 1.807) is 11.3 Å². The van der Waals surface area contributed by atoms with Crippen LogP contribution < -0.4 is 0 Å². The third-order valence-electron chi connectivity index (χ3n) is 5.91. The predicted octanol–water partition coefficient (Wildman–Crippen LogP) is 8.38. The number of rotatable bonds is 3. The number of nitrogens with zero attached hydrogens (tertiary/aromatic N) is 2. The fourth-order valence-corrected chi connectivity index (χ4v) is 5.45. The number of aromatic nitrogens is 2. The molecule has 6 aromatic rings. The van der Waals surface area contributed by atoms with Crippen molar-refractivity contribution in [2.24, 2.45) is 0 Å². The van der Waals surface area contributed by atoms with Crippen LogP contribution in [-0.4, -0.2) is 20.9 Å². The van der Waals surface area contributed by atoms with Crippen LogP contribution in [0.15, 0.2) is 83.0 Å². The zero-order valence-corrected chi connectivity index (χ0v) is 24.5. The maximum Gasteiger partial charge on any atom is 0.216 e. The quantitative estimate of drug-likeness (QED) is 0.114. The van der Waals surface area contributed by atoms with Gasteiger partial charge >= 0.3 is 0 Å². The van der Waals surface area contributed by atoms with Crippen LogP contribution in [0.25, 0.3) is 54.0 Å². The number of pyridine rings is 2. The molecule has 0 atom stereocenters. The second-order valence-electron chi connectivity index (χ2n) is 8.86. The Bertz CT molecular complexity index is 1800. The summed E-state index contributed by atoms with van der Waals surface area (Å²) >= 11 is 1.78. The topological polar surface area (TPSA) is 76.2 Å². The smallest absolute Gasteiger partial charge is 0.216 e. The molecule has 6 rings (SSSR count). The fraction of sp³-hybridized carbons (Fsp3) is 0.129. The molecular formula is C31H25IrN2O3S-. The van der Waals surface area contributed by atoms with Crippen LogP contribution in [0.2, 0.25) is 0 Å². The normalized spacial score (nSPS) is 11.3. The number of aryl methyl sites for hydroxylation is 2. The molecule has 2 aromatic carbocycles. The van der Waals surface area contributed by atoms with Gasteiger partial charge in [-0.3, -0.25) is 9.78 Å². The van der Waals surface area contributed by atoms with Crippen LogP contribution in [0.3, 0.4) is 0 Å². The summed E-state index contributed by atoms with van der Waals surface area (Å²) in [5, 5.41) is 10.4. The minimum Gasteiger partial charge on any atom is -0.512 e. The van der Waals surface area contributed by atoms with Crippen molar-refractivity contribution >= 4 is 49.4 Å². The number of benzene rings is 2. The van der Waals surface area contributed by atoms with Crippen LogP contribution in [0, 0.1) is 19.9 Å². The molecule has 4 heterocycles. The van der Waals surface area contributed by atoms with E-state index in [4.69, 9.17) is 14.5 Å². The van der Waals surface area contributed by atoms with Gasteiger partial charge in [-0.15, -0.1) is 29.5 Å². The van der Waals surface area contributed by atoms with Crippen LogP contribution in [-0.2, 0) is 24.9 Å². The Kier molecular flexibility index (Phi) is 8.22. The van der Waals surface area contributed by atoms with Gasteiger partial charge in [0.05, 0.1) is 21.6 Å². The maximum atomic E-state index is 10.0. The summed E-state index contributed by atoms with van der Waals surface area (Å²) in [5.41, 5.74) is 7.59. The van der Waals surface area contributed by atoms with E-state index in [1.807, 2.05) is 31.2 Å². The summed E-state index contributed by atoms with van der Waals surface area (Å²) in [4.78, 5) is 20.9. The monoisotopic (exact) mass is 698 g/mol. The number of furan rings is 1. The number of hydrogen-bond donors (Lipinski definition) is 1. The molecule has 0 amide bonds. The van der Waals surface area contributed by atoms with Gasteiger partial charge in [-0.25, -0.2) is 4.98 Å². The summed E-state index contributed by atoms with van der Waals surface area (Å²) < 4.78 is 7.34. The van der Waals surface area contributed by atoms with Crippen molar-refractivity contribution in [2.45, 2.75) is 27.7 Å². The van der Waals surface area contributed by atoms with Gasteiger partial charge in [0.2, 0.25) is 5.71 Å². The Morgan fingerprint density at radius 1 is 0.974 bits per heavy atom. The van der Waals surface area contributed by atoms with E-state index in [-0.39, 0.29) is 31.6 Å². The van der Waals surface area contributed by atoms with Crippen molar-refractivity contribution in [3.8, 4) is 21.7 Å². The molecule has 193 valence electrons. The van der Waals surface area contributed by atoms with Gasteiger partial charge in [0.1, 0.15) is 0 Å². The zero-order chi connectivity index (χ0) is 26.1. The number of allylic oxidation sites excluding steroid dienone is 2. The molecule has 5 nitrogen and oxygen atoms in total. The number of carbonyl (C=O) groups is 1. The van der Waals surface area contributed by atoms with Crippen LogP contribution in [0.1, 0.15) is 25.1 Å². The number of aliphatic hydroxyl groups excluding tert-OH is 1. The SMILES string of the molecule is CC(=O)/C=C(/C)O.Cc1ccc2c(n1)oc1c(-c3ccc4sc(-c5ccccc5)c(C)c4n3)[c-]ccc12.[Ir]. The Hall–Kier alpha value is -3.64. The van der Waals surface area contributed by atoms with Gasteiger partial charge in [0.15, 0.2) is 5.78 Å². The minimum atomic E-state index is -0.125. The first-order valence-corrected chi connectivity index (χ1v) is 12.7. The molecule has 4 aromatic heterocycles. The number of fused-ring (bicyclic) bond motifs is 4. The van der Waals surface area contributed by atoms with Crippen molar-refractivity contribution in [3.05, 3.63) is 95.9 Å². The Labute approximate surface area is 238 Å². The van der Waals surface area contributed by atoms with E-state index in [1.165, 1.54) is 40.6 Å². The molecule has 38 heavy (non-hydrogen) atoms. The third-order valence-corrected chi connectivity index (χ3v) is 7.20. The van der Waals surface area contributed by atoms with Crippen molar-refractivity contribution < 1.29 is 34.4 Å². The second kappa shape index (κ2) is 11.4. The standard InChI is InChI=1S/C26H17N2OS.C5H8O2.Ir/c1-15-11-12-19-18-9-6-10-20(24(18)29-26(19)27-15)21-13-14-22-23(28-21)16(2)25(30-22)17-7-4-3-5-8-17;1-4(6)3-5(2)7;/h3-9,11-14H,1-2H3;3,6H,1-2H3;/q-1;;/b;4-3-;. The molecule has 0 aliphatic heterocycles. The first-order valence-electron chi connectivity index (χ1n) is 11.9. The molecule has 7 heteroatoms. The Balaban J connectivity index is 0.000000375. The first-order chi connectivity index (χ1) is 17.8. The molecule has 0 fully saturated rings. The summed E-state index contributed by atoms with van der Waals surface area (Å²) in [5.74, 6) is -0.0625. The molecule has 0 aliphatic carbocycles. The second-order valence-corrected chi connectivity index (χ2v) is 9.92. The van der Waals surface area contributed by atoms with Crippen LogP contribution in [0.5, 0.6) is 0 Å².